The molecule has 30 heavy (non-hydrogen) atoms. The van der Waals surface area contributed by atoms with Crippen molar-refractivity contribution < 1.29 is 4.79 Å². The van der Waals surface area contributed by atoms with Gasteiger partial charge in [-0.05, 0) is 44.9 Å². The molecule has 0 radical (unpaired) electrons. The Morgan fingerprint density at radius 1 is 1.27 bits per heavy atom. The van der Waals surface area contributed by atoms with Gasteiger partial charge in [-0.25, -0.2) is 15.0 Å². The summed E-state index contributed by atoms with van der Waals surface area (Å²) in [5.74, 6) is 1.37. The summed E-state index contributed by atoms with van der Waals surface area (Å²) in [5, 5.41) is 12.1. The highest BCUT2D eigenvalue weighted by molar-refractivity contribution is 7.18. The highest BCUT2D eigenvalue weighted by Crippen LogP contribution is 2.39. The normalized spacial score (nSPS) is 14.2. The molecule has 8 nitrogen and oxygen atoms in total. The SMILES string of the molecule is CC(C)n1cnnc1-c1cccc(NC(=O)c2cc3sc(C4CCC4)nc3cn2)n1. The Bertz CT molecular complexity index is 1230. The van der Waals surface area contributed by atoms with Crippen LogP contribution in [0.1, 0.15) is 60.6 Å². The Balaban J connectivity index is 1.38. The van der Waals surface area contributed by atoms with E-state index in [1.165, 1.54) is 19.3 Å². The molecule has 5 rings (SSSR count). The number of thiazole rings is 1. The van der Waals surface area contributed by atoms with E-state index in [1.54, 1.807) is 29.9 Å². The first-order valence-electron chi connectivity index (χ1n) is 10.0. The monoisotopic (exact) mass is 419 g/mol. The fourth-order valence-electron chi connectivity index (χ4n) is 3.42. The molecule has 1 fully saturated rings. The summed E-state index contributed by atoms with van der Waals surface area (Å²) in [6.07, 6.45) is 7.03. The van der Waals surface area contributed by atoms with E-state index < -0.39 is 0 Å². The van der Waals surface area contributed by atoms with Crippen LogP contribution < -0.4 is 5.32 Å². The summed E-state index contributed by atoms with van der Waals surface area (Å²) >= 11 is 1.66. The van der Waals surface area contributed by atoms with Crippen LogP contribution in [0.3, 0.4) is 0 Å². The number of hydrogen-bond acceptors (Lipinski definition) is 7. The van der Waals surface area contributed by atoms with E-state index in [4.69, 9.17) is 0 Å². The van der Waals surface area contributed by atoms with Crippen LogP contribution in [0, 0.1) is 0 Å². The number of carbonyl (C=O) groups excluding carboxylic acids is 1. The molecule has 0 spiro atoms. The predicted octanol–water partition coefficient (Wildman–Crippen LogP) is 4.45. The third-order valence-corrected chi connectivity index (χ3v) is 6.51. The molecule has 1 saturated carbocycles. The summed E-state index contributed by atoms with van der Waals surface area (Å²) in [7, 11) is 0. The topological polar surface area (TPSA) is 98.5 Å². The van der Waals surface area contributed by atoms with Crippen LogP contribution in [0.4, 0.5) is 5.82 Å². The second-order valence-corrected chi connectivity index (χ2v) is 8.80. The zero-order chi connectivity index (χ0) is 20.7. The van der Waals surface area contributed by atoms with Crippen molar-refractivity contribution in [1.82, 2.24) is 29.7 Å². The lowest BCUT2D eigenvalue weighted by Gasteiger charge is -2.22. The molecular formula is C21H21N7OS. The van der Waals surface area contributed by atoms with Crippen molar-refractivity contribution in [3.63, 3.8) is 0 Å². The van der Waals surface area contributed by atoms with Crippen LogP contribution in [-0.4, -0.2) is 35.6 Å². The van der Waals surface area contributed by atoms with Crippen LogP contribution in [-0.2, 0) is 0 Å². The van der Waals surface area contributed by atoms with Gasteiger partial charge in [0, 0.05) is 12.0 Å². The van der Waals surface area contributed by atoms with Crippen molar-refractivity contribution in [1.29, 1.82) is 0 Å². The van der Waals surface area contributed by atoms with Gasteiger partial charge in [-0.2, -0.15) is 0 Å². The molecule has 1 amide bonds. The van der Waals surface area contributed by atoms with Gasteiger partial charge in [0.2, 0.25) is 0 Å². The Morgan fingerprint density at radius 3 is 2.90 bits per heavy atom. The first-order chi connectivity index (χ1) is 14.6. The average molecular weight is 420 g/mol. The zero-order valence-corrected chi connectivity index (χ0v) is 17.6. The zero-order valence-electron chi connectivity index (χ0n) is 16.7. The molecule has 0 bridgehead atoms. The van der Waals surface area contributed by atoms with Gasteiger partial charge in [0.1, 0.15) is 23.5 Å². The summed E-state index contributed by atoms with van der Waals surface area (Å²) in [6.45, 7) is 4.10. The number of nitrogens with zero attached hydrogens (tertiary/aromatic N) is 6. The van der Waals surface area contributed by atoms with Gasteiger partial charge in [-0.1, -0.05) is 12.5 Å². The first-order valence-corrected chi connectivity index (χ1v) is 10.8. The van der Waals surface area contributed by atoms with E-state index in [9.17, 15) is 4.79 Å². The number of nitrogens with one attached hydrogen (secondary N) is 1. The summed E-state index contributed by atoms with van der Waals surface area (Å²) < 4.78 is 2.93. The highest BCUT2D eigenvalue weighted by atomic mass is 32.1. The maximum atomic E-state index is 12.8. The van der Waals surface area contributed by atoms with Gasteiger partial charge in [0.05, 0.1) is 21.4 Å². The van der Waals surface area contributed by atoms with Gasteiger partial charge in [0.15, 0.2) is 5.82 Å². The van der Waals surface area contributed by atoms with Gasteiger partial charge in [-0.3, -0.25) is 4.79 Å². The Hall–Kier alpha value is -3.20. The number of carbonyl (C=O) groups is 1. The van der Waals surface area contributed by atoms with E-state index >= 15 is 0 Å². The van der Waals surface area contributed by atoms with Crippen molar-refractivity contribution >= 4 is 33.3 Å². The number of amides is 1. The third-order valence-electron chi connectivity index (χ3n) is 5.33. The second-order valence-electron chi connectivity index (χ2n) is 7.73. The van der Waals surface area contributed by atoms with Crippen molar-refractivity contribution in [2.45, 2.75) is 45.1 Å². The third kappa shape index (κ3) is 3.45. The van der Waals surface area contributed by atoms with Crippen molar-refractivity contribution in [2.75, 3.05) is 5.32 Å². The smallest absolute Gasteiger partial charge is 0.275 e. The molecule has 4 heterocycles. The molecule has 0 saturated heterocycles. The Morgan fingerprint density at radius 2 is 2.13 bits per heavy atom. The largest absolute Gasteiger partial charge is 0.310 e. The molecule has 9 heteroatoms. The predicted molar refractivity (Wildman–Crippen MR) is 116 cm³/mol. The van der Waals surface area contributed by atoms with E-state index in [-0.39, 0.29) is 11.9 Å². The minimum atomic E-state index is -0.300. The van der Waals surface area contributed by atoms with Gasteiger partial charge in [-0.15, -0.1) is 21.5 Å². The van der Waals surface area contributed by atoms with Gasteiger partial charge >= 0.3 is 0 Å². The number of fused-ring (bicyclic) bond motifs is 1. The lowest BCUT2D eigenvalue weighted by molar-refractivity contribution is 0.102. The standard InChI is InChI=1S/C21H21N7OS/c1-12(2)28-11-23-27-19(28)14-7-4-8-18(24-14)26-20(29)15-9-17-16(10-22-15)25-21(30-17)13-5-3-6-13/h4,7-13H,3,5-6H2,1-2H3,(H,24,26,29). The highest BCUT2D eigenvalue weighted by Gasteiger charge is 2.23. The molecule has 152 valence electrons. The van der Waals surface area contributed by atoms with Crippen molar-refractivity contribution in [2.24, 2.45) is 0 Å². The van der Waals surface area contributed by atoms with Gasteiger partial charge < -0.3 is 9.88 Å². The average Bonchev–Trinajstić information content (AvgIpc) is 3.33. The molecule has 4 aromatic heterocycles. The van der Waals surface area contributed by atoms with Crippen molar-refractivity contribution in [3.8, 4) is 11.5 Å². The van der Waals surface area contributed by atoms with E-state index in [0.29, 0.717) is 28.9 Å². The molecule has 0 unspecified atom stereocenters. The minimum absolute atomic E-state index is 0.204. The molecule has 1 aliphatic rings. The number of pyridine rings is 2. The molecule has 0 aliphatic heterocycles. The lowest BCUT2D eigenvalue weighted by atomic mass is 9.86. The molecule has 1 N–H and O–H groups in total. The Kier molecular flexibility index (Phi) is 4.74. The number of aromatic nitrogens is 6. The minimum Gasteiger partial charge on any atom is -0.310 e. The summed E-state index contributed by atoms with van der Waals surface area (Å²) in [5.41, 5.74) is 1.85. The molecule has 4 aromatic rings. The number of hydrogen-bond donors (Lipinski definition) is 1. The maximum absolute atomic E-state index is 12.8. The fourth-order valence-corrected chi connectivity index (χ4v) is 4.56. The molecule has 1 aliphatic carbocycles. The van der Waals surface area contributed by atoms with E-state index in [2.05, 4.69) is 44.3 Å². The fraction of sp³-hybridized carbons (Fsp3) is 0.333. The quantitative estimate of drug-likeness (QED) is 0.513. The van der Waals surface area contributed by atoms with Crippen LogP contribution >= 0.6 is 11.3 Å². The van der Waals surface area contributed by atoms with Crippen LogP contribution in [0.5, 0.6) is 0 Å². The maximum Gasteiger partial charge on any atom is 0.275 e. The van der Waals surface area contributed by atoms with Crippen LogP contribution in [0.15, 0.2) is 36.8 Å². The van der Waals surface area contributed by atoms with E-state index in [1.807, 2.05) is 22.8 Å². The first kappa shape index (κ1) is 18.8. The number of rotatable bonds is 5. The van der Waals surface area contributed by atoms with Gasteiger partial charge in [0.25, 0.3) is 5.91 Å². The summed E-state index contributed by atoms with van der Waals surface area (Å²) in [6, 6.07) is 7.45. The molecule has 0 aromatic carbocycles. The van der Waals surface area contributed by atoms with Crippen molar-refractivity contribution in [3.05, 3.63) is 47.5 Å². The second kappa shape index (κ2) is 7.56. The van der Waals surface area contributed by atoms with Crippen LogP contribution in [0.2, 0.25) is 0 Å². The van der Waals surface area contributed by atoms with E-state index in [0.717, 1.165) is 15.2 Å². The molecule has 0 atom stereocenters. The lowest BCUT2D eigenvalue weighted by Crippen LogP contribution is -2.14. The Labute approximate surface area is 177 Å². The van der Waals surface area contributed by atoms with Crippen LogP contribution in [0.25, 0.3) is 21.7 Å². The summed E-state index contributed by atoms with van der Waals surface area (Å²) in [4.78, 5) is 26.3. The molecular weight excluding hydrogens is 398 g/mol. The number of anilines is 1.